The summed E-state index contributed by atoms with van der Waals surface area (Å²) in [6, 6.07) is 12.3. The molecule has 1 atom stereocenters. The number of rotatable bonds is 9. The molecular weight excluding hydrogens is 458 g/mol. The average Bonchev–Trinajstić information content (AvgIpc) is 3.18. The number of nitrogens with zero attached hydrogens (tertiary/aromatic N) is 3. The van der Waals surface area contributed by atoms with E-state index in [-0.39, 0.29) is 17.6 Å². The molecule has 2 N–H and O–H groups in total. The summed E-state index contributed by atoms with van der Waals surface area (Å²) in [5.41, 5.74) is 3.23. The van der Waals surface area contributed by atoms with Gasteiger partial charge in [-0.05, 0) is 44.0 Å². The molecule has 2 amide bonds. The number of benzene rings is 2. The predicted molar refractivity (Wildman–Crippen MR) is 133 cm³/mol. The van der Waals surface area contributed by atoms with Crippen LogP contribution in [-0.4, -0.2) is 32.3 Å². The number of carbonyl (C=O) groups excluding carboxylic acids is 2. The Morgan fingerprint density at radius 1 is 1.15 bits per heavy atom. The predicted octanol–water partition coefficient (Wildman–Crippen LogP) is 4.96. The Labute approximate surface area is 202 Å². The fourth-order valence-corrected chi connectivity index (χ4v) is 4.31. The van der Waals surface area contributed by atoms with E-state index in [0.717, 1.165) is 16.8 Å². The van der Waals surface area contributed by atoms with Gasteiger partial charge in [0.1, 0.15) is 0 Å². The molecule has 172 valence electrons. The Morgan fingerprint density at radius 3 is 2.52 bits per heavy atom. The lowest BCUT2D eigenvalue weighted by molar-refractivity contribution is -0.113. The molecule has 9 heteroatoms. The van der Waals surface area contributed by atoms with E-state index >= 15 is 0 Å². The first-order valence-electron chi connectivity index (χ1n) is 10.4. The van der Waals surface area contributed by atoms with E-state index in [1.54, 1.807) is 30.3 Å². The van der Waals surface area contributed by atoms with Gasteiger partial charge in [-0.1, -0.05) is 59.8 Å². The van der Waals surface area contributed by atoms with Gasteiger partial charge < -0.3 is 15.2 Å². The molecule has 0 aliphatic rings. The zero-order valence-corrected chi connectivity index (χ0v) is 20.3. The second kappa shape index (κ2) is 11.2. The van der Waals surface area contributed by atoms with Crippen molar-refractivity contribution in [2.24, 2.45) is 0 Å². The lowest BCUT2D eigenvalue weighted by atomic mass is 10.1. The van der Waals surface area contributed by atoms with Crippen molar-refractivity contribution in [3.8, 4) is 0 Å². The minimum Gasteiger partial charge on any atom is -0.342 e. The summed E-state index contributed by atoms with van der Waals surface area (Å²) in [5, 5.41) is 15.3. The van der Waals surface area contributed by atoms with E-state index in [4.69, 9.17) is 11.6 Å². The number of anilines is 1. The number of aryl methyl sites for hydroxylation is 2. The zero-order chi connectivity index (χ0) is 24.0. The van der Waals surface area contributed by atoms with Crippen LogP contribution in [0.1, 0.15) is 40.3 Å². The molecule has 0 radical (unpaired) electrons. The molecule has 0 aliphatic heterocycles. The van der Waals surface area contributed by atoms with Gasteiger partial charge in [-0.15, -0.1) is 16.8 Å². The Hall–Kier alpha value is -3.10. The summed E-state index contributed by atoms with van der Waals surface area (Å²) < 4.78 is 1.83. The van der Waals surface area contributed by atoms with E-state index < -0.39 is 6.04 Å². The number of carbonyl (C=O) groups is 2. The van der Waals surface area contributed by atoms with Crippen LogP contribution in [0.25, 0.3) is 0 Å². The third kappa shape index (κ3) is 6.03. The molecule has 0 fully saturated rings. The molecule has 0 unspecified atom stereocenters. The van der Waals surface area contributed by atoms with Crippen molar-refractivity contribution in [1.29, 1.82) is 0 Å². The van der Waals surface area contributed by atoms with Crippen molar-refractivity contribution in [2.45, 2.75) is 38.5 Å². The molecular formula is C24H26ClN5O2S. The summed E-state index contributed by atoms with van der Waals surface area (Å²) in [6.45, 7) is 9.98. The highest BCUT2D eigenvalue weighted by atomic mass is 35.5. The highest BCUT2D eigenvalue weighted by Gasteiger charge is 2.21. The number of aromatic nitrogens is 3. The number of amides is 2. The number of halogens is 1. The molecule has 0 saturated heterocycles. The molecule has 1 heterocycles. The Kier molecular flexibility index (Phi) is 8.30. The normalized spacial score (nSPS) is 11.6. The van der Waals surface area contributed by atoms with Gasteiger partial charge >= 0.3 is 0 Å². The number of hydrogen-bond acceptors (Lipinski definition) is 5. The molecule has 33 heavy (non-hydrogen) atoms. The highest BCUT2D eigenvalue weighted by molar-refractivity contribution is 7.99. The van der Waals surface area contributed by atoms with Gasteiger partial charge in [0.2, 0.25) is 5.91 Å². The third-order valence-electron chi connectivity index (χ3n) is 4.99. The van der Waals surface area contributed by atoms with Crippen molar-refractivity contribution in [2.75, 3.05) is 11.1 Å². The van der Waals surface area contributed by atoms with Gasteiger partial charge in [-0.2, -0.15) is 0 Å². The molecule has 1 aromatic heterocycles. The summed E-state index contributed by atoms with van der Waals surface area (Å²) in [6.07, 6.45) is 1.72. The number of thioether (sulfide) groups is 1. The van der Waals surface area contributed by atoms with Gasteiger partial charge in [0.15, 0.2) is 11.0 Å². The van der Waals surface area contributed by atoms with E-state index in [1.165, 1.54) is 11.8 Å². The SMILES string of the molecule is C=CCn1c(SCC(=O)Nc2c(C)cccc2C)nnc1[C@@H](C)NC(=O)c1ccccc1Cl. The molecule has 0 saturated carbocycles. The monoisotopic (exact) mass is 483 g/mol. The first kappa shape index (κ1) is 24.5. The Bertz CT molecular complexity index is 1160. The lowest BCUT2D eigenvalue weighted by Crippen LogP contribution is -2.29. The van der Waals surface area contributed by atoms with Crippen LogP contribution in [-0.2, 0) is 11.3 Å². The van der Waals surface area contributed by atoms with Crippen LogP contribution in [0.3, 0.4) is 0 Å². The second-order valence-corrected chi connectivity index (χ2v) is 8.87. The Morgan fingerprint density at radius 2 is 1.85 bits per heavy atom. The van der Waals surface area contributed by atoms with Gasteiger partial charge in [0.25, 0.3) is 5.91 Å². The highest BCUT2D eigenvalue weighted by Crippen LogP contribution is 2.24. The van der Waals surface area contributed by atoms with Crippen LogP contribution in [0.15, 0.2) is 60.3 Å². The first-order valence-corrected chi connectivity index (χ1v) is 11.8. The van der Waals surface area contributed by atoms with Crippen LogP contribution >= 0.6 is 23.4 Å². The number of allylic oxidation sites excluding steroid dienone is 1. The lowest BCUT2D eigenvalue weighted by Gasteiger charge is -2.16. The van der Waals surface area contributed by atoms with Gasteiger partial charge in [0, 0.05) is 12.2 Å². The first-order chi connectivity index (χ1) is 15.8. The number of hydrogen-bond donors (Lipinski definition) is 2. The fourth-order valence-electron chi connectivity index (χ4n) is 3.33. The third-order valence-corrected chi connectivity index (χ3v) is 6.28. The van der Waals surface area contributed by atoms with Crippen LogP contribution < -0.4 is 10.6 Å². The second-order valence-electron chi connectivity index (χ2n) is 7.52. The largest absolute Gasteiger partial charge is 0.342 e. The van der Waals surface area contributed by atoms with Crippen molar-refractivity contribution >= 4 is 40.9 Å². The molecule has 3 rings (SSSR count). The van der Waals surface area contributed by atoms with Crippen molar-refractivity contribution in [1.82, 2.24) is 20.1 Å². The van der Waals surface area contributed by atoms with Gasteiger partial charge in [-0.25, -0.2) is 0 Å². The van der Waals surface area contributed by atoms with E-state index in [9.17, 15) is 9.59 Å². The topological polar surface area (TPSA) is 88.9 Å². The van der Waals surface area contributed by atoms with Gasteiger partial charge in [-0.3, -0.25) is 9.59 Å². The maximum absolute atomic E-state index is 12.6. The molecule has 3 aromatic rings. The van der Waals surface area contributed by atoms with Crippen LogP contribution in [0, 0.1) is 13.8 Å². The van der Waals surface area contributed by atoms with Crippen LogP contribution in [0.5, 0.6) is 0 Å². The maximum atomic E-state index is 12.6. The summed E-state index contributed by atoms with van der Waals surface area (Å²) in [5.74, 6) is 0.298. The van der Waals surface area contributed by atoms with E-state index in [2.05, 4.69) is 27.4 Å². The molecule has 0 bridgehead atoms. The summed E-state index contributed by atoms with van der Waals surface area (Å²) in [7, 11) is 0. The molecule has 2 aromatic carbocycles. The zero-order valence-electron chi connectivity index (χ0n) is 18.8. The summed E-state index contributed by atoms with van der Waals surface area (Å²) in [4.78, 5) is 25.2. The average molecular weight is 484 g/mol. The quantitative estimate of drug-likeness (QED) is 0.332. The smallest absolute Gasteiger partial charge is 0.253 e. The minimum absolute atomic E-state index is 0.132. The van der Waals surface area contributed by atoms with Gasteiger partial charge in [0.05, 0.1) is 22.4 Å². The summed E-state index contributed by atoms with van der Waals surface area (Å²) >= 11 is 7.41. The van der Waals surface area contributed by atoms with Crippen molar-refractivity contribution < 1.29 is 9.59 Å². The number of para-hydroxylation sites is 1. The number of nitrogens with one attached hydrogen (secondary N) is 2. The minimum atomic E-state index is -0.431. The Balaban J connectivity index is 1.69. The van der Waals surface area contributed by atoms with Crippen LogP contribution in [0.4, 0.5) is 5.69 Å². The van der Waals surface area contributed by atoms with Crippen molar-refractivity contribution in [3.63, 3.8) is 0 Å². The molecule has 0 spiro atoms. The van der Waals surface area contributed by atoms with E-state index in [1.807, 2.05) is 43.5 Å². The van der Waals surface area contributed by atoms with Crippen molar-refractivity contribution in [3.05, 3.63) is 82.7 Å². The maximum Gasteiger partial charge on any atom is 0.253 e. The van der Waals surface area contributed by atoms with E-state index in [0.29, 0.717) is 28.1 Å². The standard InChI is InChI=1S/C24H26ClN5O2S/c1-5-13-30-22(17(4)26-23(32)18-11-6-7-12-19(18)25)28-29-24(30)33-14-20(31)27-21-15(2)9-8-10-16(21)3/h5-12,17H,1,13-14H2,2-4H3,(H,26,32)(H,27,31)/t17-/m1/s1. The molecule has 0 aliphatic carbocycles. The fraction of sp³-hybridized carbons (Fsp3) is 0.250. The molecule has 7 nitrogen and oxygen atoms in total. The van der Waals surface area contributed by atoms with Crippen LogP contribution in [0.2, 0.25) is 5.02 Å².